The van der Waals surface area contributed by atoms with Crippen LogP contribution in [0, 0.1) is 18.7 Å². The first-order valence-electron chi connectivity index (χ1n) is 13.1. The molecule has 1 unspecified atom stereocenters. The van der Waals surface area contributed by atoms with Crippen LogP contribution in [0.2, 0.25) is 0 Å². The molecule has 2 N–H and O–H groups in total. The van der Waals surface area contributed by atoms with Crippen LogP contribution in [0.1, 0.15) is 47.3 Å². The number of hydrogen-bond donors (Lipinski definition) is 2. The van der Waals surface area contributed by atoms with E-state index in [1.807, 2.05) is 6.92 Å². The molecule has 5 rings (SSSR count). The normalized spacial score (nSPS) is 18.3. The summed E-state index contributed by atoms with van der Waals surface area (Å²) in [5.74, 6) is 0.800. The first-order valence-corrected chi connectivity index (χ1v) is 13.9. The molecule has 0 radical (unpaired) electrons. The molecule has 0 aliphatic carbocycles. The number of aromatic nitrogens is 2. The van der Waals surface area contributed by atoms with Crippen LogP contribution in [0.3, 0.4) is 0 Å². The van der Waals surface area contributed by atoms with Crippen molar-refractivity contribution in [2.24, 2.45) is 5.92 Å². The third-order valence-electron chi connectivity index (χ3n) is 6.99. The molecule has 0 bridgehead atoms. The largest absolute Gasteiger partial charge is 0.491 e. The lowest BCUT2D eigenvalue weighted by Gasteiger charge is -2.23. The van der Waals surface area contributed by atoms with Crippen LogP contribution < -0.4 is 15.4 Å². The molecule has 2 aromatic heterocycles. The number of nitrogens with one attached hydrogen (secondary N) is 2. The maximum atomic E-state index is 14.1. The average molecular weight is 528 g/mol. The first kappa shape index (κ1) is 25.8. The average Bonchev–Trinajstić information content (AvgIpc) is 3.55. The smallest absolute Gasteiger partial charge is 0.261 e. The van der Waals surface area contributed by atoms with E-state index in [1.54, 1.807) is 6.07 Å². The van der Waals surface area contributed by atoms with Gasteiger partial charge < -0.3 is 25.0 Å². The van der Waals surface area contributed by atoms with Gasteiger partial charge in [0.15, 0.2) is 0 Å². The van der Waals surface area contributed by atoms with Crippen molar-refractivity contribution in [3.63, 3.8) is 0 Å². The summed E-state index contributed by atoms with van der Waals surface area (Å²) >= 11 is 1.36. The van der Waals surface area contributed by atoms with Crippen LogP contribution in [0.4, 0.5) is 15.9 Å². The fraction of sp³-hybridized carbons (Fsp3) is 0.519. The molecule has 1 aromatic carbocycles. The minimum atomic E-state index is -0.372. The number of ether oxygens (including phenoxy) is 2. The molecule has 10 heteroatoms. The number of nitrogens with zero attached hydrogens (tertiary/aromatic N) is 3. The quantitative estimate of drug-likeness (QED) is 0.363. The van der Waals surface area contributed by atoms with E-state index in [0.29, 0.717) is 41.9 Å². The third-order valence-corrected chi connectivity index (χ3v) is 8.19. The fourth-order valence-electron chi connectivity index (χ4n) is 4.97. The van der Waals surface area contributed by atoms with Crippen molar-refractivity contribution in [2.45, 2.75) is 39.0 Å². The molecule has 1 amide bonds. The van der Waals surface area contributed by atoms with Crippen molar-refractivity contribution in [1.29, 1.82) is 0 Å². The Morgan fingerprint density at radius 1 is 1.27 bits per heavy atom. The van der Waals surface area contributed by atoms with Crippen LogP contribution in [-0.2, 0) is 4.74 Å². The molecular weight excluding hydrogens is 493 g/mol. The van der Waals surface area contributed by atoms with E-state index in [2.05, 4.69) is 25.5 Å². The standard InChI is InChI=1S/C27H34FN5O3S/c1-18-23-25(32-21-8-7-20(28)14-22(21)36-16-19-6-4-13-35-15-19)30-17-31-27(23)37-24(18)26(34)29-9-5-12-33-10-2-3-11-33/h7-8,14,17,19H,2-6,9-13,15-16H2,1H3,(H,29,34)(H,30,31,32). The number of rotatable bonds is 10. The predicted octanol–water partition coefficient (Wildman–Crippen LogP) is 4.90. The van der Waals surface area contributed by atoms with Crippen LogP contribution in [-0.4, -0.2) is 66.8 Å². The Labute approximate surface area is 220 Å². The van der Waals surface area contributed by atoms with Gasteiger partial charge in [-0.1, -0.05) is 0 Å². The molecule has 0 saturated carbocycles. The van der Waals surface area contributed by atoms with Crippen molar-refractivity contribution in [3.05, 3.63) is 40.8 Å². The van der Waals surface area contributed by atoms with Crippen molar-refractivity contribution < 1.29 is 18.7 Å². The Kier molecular flexibility index (Phi) is 8.48. The lowest BCUT2D eigenvalue weighted by Crippen LogP contribution is -2.28. The molecular formula is C27H34FN5O3S. The minimum Gasteiger partial charge on any atom is -0.491 e. The molecule has 2 aliphatic heterocycles. The number of aryl methyl sites for hydroxylation is 1. The molecule has 0 spiro atoms. The summed E-state index contributed by atoms with van der Waals surface area (Å²) in [5, 5.41) is 7.15. The monoisotopic (exact) mass is 527 g/mol. The van der Waals surface area contributed by atoms with Crippen molar-refractivity contribution in [1.82, 2.24) is 20.2 Å². The second-order valence-electron chi connectivity index (χ2n) is 9.78. The van der Waals surface area contributed by atoms with E-state index in [-0.39, 0.29) is 17.6 Å². The summed E-state index contributed by atoms with van der Waals surface area (Å²) < 4.78 is 25.6. The number of fused-ring (bicyclic) bond motifs is 1. The summed E-state index contributed by atoms with van der Waals surface area (Å²) in [4.78, 5) is 25.6. The lowest BCUT2D eigenvalue weighted by atomic mass is 10.0. The Morgan fingerprint density at radius 2 is 2.14 bits per heavy atom. The molecule has 8 nitrogen and oxygen atoms in total. The summed E-state index contributed by atoms with van der Waals surface area (Å²) in [7, 11) is 0. The van der Waals surface area contributed by atoms with Gasteiger partial charge in [-0.15, -0.1) is 11.3 Å². The van der Waals surface area contributed by atoms with Gasteiger partial charge in [-0.25, -0.2) is 14.4 Å². The number of carbonyl (C=O) groups excluding carboxylic acids is 1. The highest BCUT2D eigenvalue weighted by atomic mass is 32.1. The van der Waals surface area contributed by atoms with Crippen LogP contribution in [0.25, 0.3) is 10.2 Å². The van der Waals surface area contributed by atoms with Gasteiger partial charge in [-0.3, -0.25) is 4.79 Å². The van der Waals surface area contributed by atoms with Gasteiger partial charge in [0.25, 0.3) is 5.91 Å². The van der Waals surface area contributed by atoms with Crippen LogP contribution in [0.15, 0.2) is 24.5 Å². The summed E-state index contributed by atoms with van der Waals surface area (Å²) in [6.45, 7) is 7.78. The zero-order chi connectivity index (χ0) is 25.6. The highest BCUT2D eigenvalue weighted by Gasteiger charge is 2.21. The zero-order valence-electron chi connectivity index (χ0n) is 21.2. The van der Waals surface area contributed by atoms with Gasteiger partial charge >= 0.3 is 0 Å². The van der Waals surface area contributed by atoms with Gasteiger partial charge in [-0.2, -0.15) is 0 Å². The molecule has 2 aliphatic rings. The van der Waals surface area contributed by atoms with E-state index in [9.17, 15) is 9.18 Å². The van der Waals surface area contributed by atoms with Crippen LogP contribution in [0.5, 0.6) is 5.75 Å². The number of carbonyl (C=O) groups is 1. The molecule has 4 heterocycles. The lowest BCUT2D eigenvalue weighted by molar-refractivity contribution is 0.0352. The van der Waals surface area contributed by atoms with E-state index in [4.69, 9.17) is 9.47 Å². The van der Waals surface area contributed by atoms with Gasteiger partial charge in [0.05, 0.1) is 29.2 Å². The topological polar surface area (TPSA) is 88.6 Å². The SMILES string of the molecule is Cc1c(C(=O)NCCCN2CCCC2)sc2ncnc(Nc3ccc(F)cc3OCC3CCCOC3)c12. The van der Waals surface area contributed by atoms with Crippen molar-refractivity contribution in [2.75, 3.05) is 51.3 Å². The molecule has 2 saturated heterocycles. The van der Waals surface area contributed by atoms with E-state index < -0.39 is 0 Å². The van der Waals surface area contributed by atoms with Crippen molar-refractivity contribution >= 4 is 39.0 Å². The predicted molar refractivity (Wildman–Crippen MR) is 143 cm³/mol. The maximum Gasteiger partial charge on any atom is 0.261 e. The van der Waals surface area contributed by atoms with E-state index in [1.165, 1.54) is 42.6 Å². The molecule has 2 fully saturated rings. The number of hydrogen-bond acceptors (Lipinski definition) is 8. The Balaban J connectivity index is 1.29. The minimum absolute atomic E-state index is 0.0895. The fourth-order valence-corrected chi connectivity index (χ4v) is 6.03. The number of amides is 1. The Bertz CT molecular complexity index is 1220. The molecule has 37 heavy (non-hydrogen) atoms. The number of anilines is 2. The summed E-state index contributed by atoms with van der Waals surface area (Å²) in [6.07, 6.45) is 6.98. The molecule has 198 valence electrons. The molecule has 3 aromatic rings. The molecule has 1 atom stereocenters. The second-order valence-corrected chi connectivity index (χ2v) is 10.8. The number of benzene rings is 1. The van der Waals surface area contributed by atoms with Gasteiger partial charge in [0, 0.05) is 25.1 Å². The van der Waals surface area contributed by atoms with Gasteiger partial charge in [-0.05, 0) is 76.4 Å². The highest BCUT2D eigenvalue weighted by Crippen LogP contribution is 2.36. The number of halogens is 1. The highest BCUT2D eigenvalue weighted by molar-refractivity contribution is 7.20. The Morgan fingerprint density at radius 3 is 2.95 bits per heavy atom. The number of thiophene rings is 1. The van der Waals surface area contributed by atoms with E-state index in [0.717, 1.165) is 61.3 Å². The third kappa shape index (κ3) is 6.37. The van der Waals surface area contributed by atoms with Crippen LogP contribution >= 0.6 is 11.3 Å². The van der Waals surface area contributed by atoms with Gasteiger partial charge in [0.1, 0.15) is 28.5 Å². The van der Waals surface area contributed by atoms with Gasteiger partial charge in [0.2, 0.25) is 0 Å². The summed E-state index contributed by atoms with van der Waals surface area (Å²) in [6, 6.07) is 4.41. The van der Waals surface area contributed by atoms with E-state index >= 15 is 0 Å². The zero-order valence-corrected chi connectivity index (χ0v) is 22.0. The Hall–Kier alpha value is -2.82. The summed E-state index contributed by atoms with van der Waals surface area (Å²) in [5.41, 5.74) is 1.43. The van der Waals surface area contributed by atoms with Crippen molar-refractivity contribution in [3.8, 4) is 5.75 Å². The maximum absolute atomic E-state index is 14.1. The second kappa shape index (κ2) is 12.1. The number of likely N-dealkylation sites (tertiary alicyclic amines) is 1. The first-order chi connectivity index (χ1) is 18.1.